The van der Waals surface area contributed by atoms with Crippen molar-refractivity contribution in [1.82, 2.24) is 5.32 Å². The van der Waals surface area contributed by atoms with Gasteiger partial charge in [-0.3, -0.25) is 4.79 Å². The summed E-state index contributed by atoms with van der Waals surface area (Å²) in [4.78, 5) is 19.5. The molecule has 1 N–H and O–H groups in total. The molecule has 1 amide bonds. The highest BCUT2D eigenvalue weighted by Crippen LogP contribution is 2.29. The molecule has 0 saturated carbocycles. The zero-order chi connectivity index (χ0) is 17.8. The van der Waals surface area contributed by atoms with E-state index in [1.54, 1.807) is 0 Å². The number of benzene rings is 2. The van der Waals surface area contributed by atoms with Crippen LogP contribution in [-0.4, -0.2) is 25.2 Å². The molecule has 4 nitrogen and oxygen atoms in total. The number of hydrogen-bond acceptors (Lipinski definition) is 4. The van der Waals surface area contributed by atoms with E-state index in [1.165, 1.54) is 17.3 Å². The highest BCUT2D eigenvalue weighted by atomic mass is 32.2. The molecule has 1 aliphatic rings. The highest BCUT2D eigenvalue weighted by Gasteiger charge is 2.24. The van der Waals surface area contributed by atoms with Crippen LogP contribution in [0.25, 0.3) is 6.08 Å². The quantitative estimate of drug-likeness (QED) is 0.840. The maximum Gasteiger partial charge on any atom is 0.264 e. The summed E-state index contributed by atoms with van der Waals surface area (Å²) >= 11 is 1.38. The molecule has 0 atom stereocenters. The number of carbonyl (C=O) groups is 1. The third kappa shape index (κ3) is 4.12. The lowest BCUT2D eigenvalue weighted by atomic mass is 10.1. The molecular weight excluding hydrogens is 330 g/mol. The van der Waals surface area contributed by atoms with Crippen molar-refractivity contribution >= 4 is 40.3 Å². The topological polar surface area (TPSA) is 44.7 Å². The van der Waals surface area contributed by atoms with Crippen molar-refractivity contribution in [2.75, 3.05) is 19.0 Å². The Kier molecular flexibility index (Phi) is 5.24. The molecular formula is C20H21N3OS. The number of hydrogen-bond donors (Lipinski definition) is 1. The van der Waals surface area contributed by atoms with Crippen LogP contribution in [0.4, 0.5) is 11.4 Å². The molecule has 0 bridgehead atoms. The Labute approximate surface area is 152 Å². The molecule has 0 aliphatic carbocycles. The molecule has 1 aliphatic heterocycles. The number of rotatable bonds is 4. The van der Waals surface area contributed by atoms with Crippen molar-refractivity contribution < 1.29 is 4.79 Å². The Morgan fingerprint density at radius 3 is 2.52 bits per heavy atom. The fourth-order valence-corrected chi connectivity index (χ4v) is 3.36. The number of anilines is 1. The zero-order valence-electron chi connectivity index (χ0n) is 14.6. The first-order chi connectivity index (χ1) is 12.1. The first kappa shape index (κ1) is 17.3. The first-order valence-electron chi connectivity index (χ1n) is 8.21. The summed E-state index contributed by atoms with van der Waals surface area (Å²) in [5, 5.41) is 3.48. The molecule has 1 saturated heterocycles. The lowest BCUT2D eigenvalue weighted by Gasteiger charge is -2.11. The minimum Gasteiger partial charge on any atom is -0.378 e. The van der Waals surface area contributed by atoms with Gasteiger partial charge in [0.1, 0.15) is 0 Å². The van der Waals surface area contributed by atoms with E-state index in [1.807, 2.05) is 67.5 Å². The minimum absolute atomic E-state index is 0.102. The largest absolute Gasteiger partial charge is 0.378 e. The fourth-order valence-electron chi connectivity index (χ4n) is 2.53. The van der Waals surface area contributed by atoms with Crippen molar-refractivity contribution in [3.63, 3.8) is 0 Å². The number of carbonyl (C=O) groups excluding carboxylic acids is 1. The number of amides is 1. The van der Waals surface area contributed by atoms with Gasteiger partial charge in [0.2, 0.25) is 0 Å². The van der Waals surface area contributed by atoms with Crippen LogP contribution in [0.2, 0.25) is 0 Å². The van der Waals surface area contributed by atoms with E-state index in [-0.39, 0.29) is 5.91 Å². The average Bonchev–Trinajstić information content (AvgIpc) is 2.95. The summed E-state index contributed by atoms with van der Waals surface area (Å²) in [7, 11) is 4.01. The van der Waals surface area contributed by atoms with E-state index in [0.29, 0.717) is 10.1 Å². The number of thioether (sulfide) groups is 1. The third-order valence-corrected chi connectivity index (χ3v) is 4.86. The van der Waals surface area contributed by atoms with Crippen LogP contribution in [0.5, 0.6) is 0 Å². The Hall–Kier alpha value is -2.53. The predicted molar refractivity (Wildman–Crippen MR) is 107 cm³/mol. The van der Waals surface area contributed by atoms with Gasteiger partial charge in [0.25, 0.3) is 5.91 Å². The molecule has 2 aromatic rings. The Bertz CT molecular complexity index is 838. The van der Waals surface area contributed by atoms with E-state index in [4.69, 9.17) is 0 Å². The normalized spacial score (nSPS) is 17.2. The van der Waals surface area contributed by atoms with E-state index < -0.39 is 0 Å². The van der Waals surface area contributed by atoms with Crippen LogP contribution in [0.3, 0.4) is 0 Å². The fraction of sp³-hybridized carbons (Fsp3) is 0.200. The number of nitrogens with zero attached hydrogens (tertiary/aromatic N) is 2. The van der Waals surface area contributed by atoms with Crippen molar-refractivity contribution in [3.05, 3.63) is 64.6 Å². The Morgan fingerprint density at radius 2 is 1.84 bits per heavy atom. The van der Waals surface area contributed by atoms with Gasteiger partial charge in [0.15, 0.2) is 5.17 Å². The molecule has 0 aromatic heterocycles. The number of nitrogens with one attached hydrogen (secondary N) is 1. The zero-order valence-corrected chi connectivity index (χ0v) is 15.4. The van der Waals surface area contributed by atoms with Gasteiger partial charge in [-0.2, -0.15) is 0 Å². The molecule has 1 heterocycles. The maximum absolute atomic E-state index is 12.2. The summed E-state index contributed by atoms with van der Waals surface area (Å²) in [6.45, 7) is 2.10. The molecule has 2 aromatic carbocycles. The third-order valence-electron chi connectivity index (χ3n) is 3.95. The highest BCUT2D eigenvalue weighted by molar-refractivity contribution is 8.18. The van der Waals surface area contributed by atoms with Gasteiger partial charge < -0.3 is 10.2 Å². The smallest absolute Gasteiger partial charge is 0.264 e. The van der Waals surface area contributed by atoms with Crippen LogP contribution in [0, 0.1) is 0 Å². The molecule has 1 fully saturated rings. The molecule has 128 valence electrons. The molecule has 0 unspecified atom stereocenters. The van der Waals surface area contributed by atoms with Gasteiger partial charge in [-0.15, -0.1) is 0 Å². The second-order valence-electron chi connectivity index (χ2n) is 5.95. The van der Waals surface area contributed by atoms with Crippen molar-refractivity contribution in [2.45, 2.75) is 13.3 Å². The van der Waals surface area contributed by atoms with Gasteiger partial charge in [-0.05, 0) is 53.6 Å². The molecule has 0 radical (unpaired) electrons. The molecule has 5 heteroatoms. The summed E-state index contributed by atoms with van der Waals surface area (Å²) in [6.07, 6.45) is 2.81. The number of aliphatic imine (C=N–C) groups is 1. The molecule has 0 spiro atoms. The summed E-state index contributed by atoms with van der Waals surface area (Å²) < 4.78 is 0. The van der Waals surface area contributed by atoms with Crippen LogP contribution in [-0.2, 0) is 11.2 Å². The monoisotopic (exact) mass is 351 g/mol. The number of aryl methyl sites for hydroxylation is 1. The first-order valence-corrected chi connectivity index (χ1v) is 9.03. The molecule has 25 heavy (non-hydrogen) atoms. The van der Waals surface area contributed by atoms with E-state index in [9.17, 15) is 4.79 Å². The summed E-state index contributed by atoms with van der Waals surface area (Å²) in [5.41, 5.74) is 4.20. The average molecular weight is 351 g/mol. The van der Waals surface area contributed by atoms with Gasteiger partial charge in [-0.1, -0.05) is 37.3 Å². The van der Waals surface area contributed by atoms with Crippen LogP contribution < -0.4 is 10.2 Å². The van der Waals surface area contributed by atoms with E-state index in [2.05, 4.69) is 23.3 Å². The van der Waals surface area contributed by atoms with Crippen molar-refractivity contribution in [1.29, 1.82) is 0 Å². The van der Waals surface area contributed by atoms with Crippen LogP contribution in [0.15, 0.2) is 58.4 Å². The summed E-state index contributed by atoms with van der Waals surface area (Å²) in [5.74, 6) is -0.102. The number of amidine groups is 1. The Balaban J connectivity index is 1.81. The van der Waals surface area contributed by atoms with Gasteiger partial charge >= 0.3 is 0 Å². The number of para-hydroxylation sites is 1. The summed E-state index contributed by atoms with van der Waals surface area (Å²) in [6, 6.07) is 16.1. The minimum atomic E-state index is -0.102. The van der Waals surface area contributed by atoms with E-state index in [0.717, 1.165) is 23.4 Å². The predicted octanol–water partition coefficient (Wildman–Crippen LogP) is 4.21. The van der Waals surface area contributed by atoms with Gasteiger partial charge in [0.05, 0.1) is 10.6 Å². The van der Waals surface area contributed by atoms with Crippen molar-refractivity contribution in [3.8, 4) is 0 Å². The standard InChI is InChI=1S/C20H21N3OS/c1-4-15-7-5-6-8-17(15)21-20-22-19(24)18(25-20)13-14-9-11-16(12-10-14)23(2)3/h5-13H,4H2,1-3H3,(H,21,22,24)/b18-13-. The maximum atomic E-state index is 12.2. The van der Waals surface area contributed by atoms with E-state index >= 15 is 0 Å². The lowest BCUT2D eigenvalue weighted by Crippen LogP contribution is -2.19. The van der Waals surface area contributed by atoms with Crippen molar-refractivity contribution in [2.24, 2.45) is 4.99 Å². The van der Waals surface area contributed by atoms with Crippen LogP contribution >= 0.6 is 11.8 Å². The molecule has 3 rings (SSSR count). The van der Waals surface area contributed by atoms with Gasteiger partial charge in [0, 0.05) is 19.8 Å². The second kappa shape index (κ2) is 7.57. The lowest BCUT2D eigenvalue weighted by molar-refractivity contribution is -0.115. The second-order valence-corrected chi connectivity index (χ2v) is 6.98. The van der Waals surface area contributed by atoms with Crippen LogP contribution in [0.1, 0.15) is 18.1 Å². The van der Waals surface area contributed by atoms with Gasteiger partial charge in [-0.25, -0.2) is 4.99 Å². The SMILES string of the molecule is CCc1ccccc1N=C1NC(=O)/C(=C/c2ccc(N(C)C)cc2)S1. The Morgan fingerprint density at radius 1 is 1.12 bits per heavy atom.